The summed E-state index contributed by atoms with van der Waals surface area (Å²) in [7, 11) is 1.46. The number of thioether (sulfide) groups is 1. The minimum atomic E-state index is -4.38. The molecule has 0 radical (unpaired) electrons. The molecular formula is C22H25F3N2O3S. The molecule has 31 heavy (non-hydrogen) atoms. The molecule has 1 atom stereocenters. The summed E-state index contributed by atoms with van der Waals surface area (Å²) in [5, 5.41) is 5.50. The second-order valence-corrected chi connectivity index (χ2v) is 7.73. The normalized spacial score (nSPS) is 12.2. The smallest absolute Gasteiger partial charge is 0.416 e. The van der Waals surface area contributed by atoms with Gasteiger partial charge in [-0.2, -0.15) is 24.9 Å². The second-order valence-electron chi connectivity index (χ2n) is 6.74. The molecule has 2 rings (SSSR count). The van der Waals surface area contributed by atoms with Gasteiger partial charge in [-0.15, -0.1) is 0 Å². The van der Waals surface area contributed by atoms with Crippen molar-refractivity contribution < 1.29 is 27.5 Å². The number of hydrogen-bond acceptors (Lipinski definition) is 4. The topological polar surface area (TPSA) is 67.4 Å². The number of para-hydroxylation sites is 1. The maximum atomic E-state index is 12.6. The molecule has 0 saturated heterocycles. The number of hydrogen-bond donors (Lipinski definition) is 2. The van der Waals surface area contributed by atoms with Crippen LogP contribution >= 0.6 is 11.8 Å². The number of carbonyl (C=O) groups excluding carboxylic acids is 2. The van der Waals surface area contributed by atoms with Gasteiger partial charge in [0.05, 0.1) is 18.2 Å². The first-order valence-electron chi connectivity index (χ1n) is 9.63. The van der Waals surface area contributed by atoms with E-state index in [4.69, 9.17) is 4.74 Å². The highest BCUT2D eigenvalue weighted by molar-refractivity contribution is 7.98. The Labute approximate surface area is 183 Å². The van der Waals surface area contributed by atoms with Crippen LogP contribution in [-0.2, 0) is 17.4 Å². The molecule has 0 aliphatic heterocycles. The van der Waals surface area contributed by atoms with Gasteiger partial charge in [0, 0.05) is 6.54 Å². The molecule has 2 aromatic carbocycles. The highest BCUT2D eigenvalue weighted by Gasteiger charge is 2.30. The lowest BCUT2D eigenvalue weighted by Gasteiger charge is -2.19. The molecule has 2 amide bonds. The fraction of sp³-hybridized carbons (Fsp3) is 0.364. The molecule has 168 valence electrons. The van der Waals surface area contributed by atoms with Gasteiger partial charge in [-0.05, 0) is 54.7 Å². The molecule has 0 aliphatic carbocycles. The number of alkyl halides is 3. The zero-order valence-corrected chi connectivity index (χ0v) is 18.1. The summed E-state index contributed by atoms with van der Waals surface area (Å²) in [4.78, 5) is 25.3. The Morgan fingerprint density at radius 1 is 1.10 bits per heavy atom. The average molecular weight is 455 g/mol. The standard InChI is InChI=1S/C22H25F3N2O3S/c1-30-19-6-4-3-5-17(19)20(28)27-18(12-14-31-2)21(29)26-13-11-15-7-9-16(10-8-15)22(23,24)25/h3-10,18H,11-14H2,1-2H3,(H,26,29)(H,27,28)/t18-/m0/s1. The molecule has 0 aromatic heterocycles. The van der Waals surface area contributed by atoms with Gasteiger partial charge in [0.15, 0.2) is 0 Å². The van der Waals surface area contributed by atoms with Crippen LogP contribution in [0, 0.1) is 0 Å². The molecule has 0 unspecified atom stereocenters. The van der Waals surface area contributed by atoms with Crippen LogP contribution in [0.5, 0.6) is 5.75 Å². The molecule has 0 aliphatic rings. The third-order valence-corrected chi connectivity index (χ3v) is 5.22. The Kier molecular flexibility index (Phi) is 9.23. The Balaban J connectivity index is 1.95. The van der Waals surface area contributed by atoms with Gasteiger partial charge in [-0.25, -0.2) is 0 Å². The molecule has 5 nitrogen and oxygen atoms in total. The summed E-state index contributed by atoms with van der Waals surface area (Å²) in [5.41, 5.74) is 0.292. The van der Waals surface area contributed by atoms with Crippen LogP contribution in [0.1, 0.15) is 27.9 Å². The zero-order chi connectivity index (χ0) is 22.9. The van der Waals surface area contributed by atoms with Crippen molar-refractivity contribution in [3.8, 4) is 5.75 Å². The van der Waals surface area contributed by atoms with Crippen molar-refractivity contribution in [2.75, 3.05) is 25.7 Å². The highest BCUT2D eigenvalue weighted by Crippen LogP contribution is 2.29. The summed E-state index contributed by atoms with van der Waals surface area (Å²) in [6, 6.07) is 10.8. The van der Waals surface area contributed by atoms with Crippen LogP contribution in [0.3, 0.4) is 0 Å². The van der Waals surface area contributed by atoms with Gasteiger partial charge in [-0.3, -0.25) is 9.59 Å². The van der Waals surface area contributed by atoms with Crippen LogP contribution in [0.25, 0.3) is 0 Å². The fourth-order valence-corrected chi connectivity index (χ4v) is 3.36. The van der Waals surface area contributed by atoms with Crippen LogP contribution in [0.15, 0.2) is 48.5 Å². The van der Waals surface area contributed by atoms with Gasteiger partial charge < -0.3 is 15.4 Å². The van der Waals surface area contributed by atoms with Crippen LogP contribution < -0.4 is 15.4 Å². The van der Waals surface area contributed by atoms with Crippen molar-refractivity contribution >= 4 is 23.6 Å². The minimum absolute atomic E-state index is 0.241. The Bertz CT molecular complexity index is 873. The first-order valence-corrected chi connectivity index (χ1v) is 11.0. The lowest BCUT2D eigenvalue weighted by Crippen LogP contribution is -2.47. The van der Waals surface area contributed by atoms with Crippen molar-refractivity contribution in [1.29, 1.82) is 0 Å². The maximum absolute atomic E-state index is 12.6. The number of amides is 2. The number of nitrogens with one attached hydrogen (secondary N) is 2. The maximum Gasteiger partial charge on any atom is 0.416 e. The lowest BCUT2D eigenvalue weighted by molar-refractivity contribution is -0.137. The Morgan fingerprint density at radius 2 is 1.77 bits per heavy atom. The molecule has 0 fully saturated rings. The van der Waals surface area contributed by atoms with Gasteiger partial charge >= 0.3 is 6.18 Å². The fourth-order valence-electron chi connectivity index (χ4n) is 2.89. The SMILES string of the molecule is COc1ccccc1C(=O)N[C@@H](CCSC)C(=O)NCCc1ccc(C(F)(F)F)cc1. The second kappa shape index (κ2) is 11.6. The van der Waals surface area contributed by atoms with E-state index in [0.717, 1.165) is 12.1 Å². The molecule has 0 bridgehead atoms. The van der Waals surface area contributed by atoms with Gasteiger partial charge in [-0.1, -0.05) is 24.3 Å². The quantitative estimate of drug-likeness (QED) is 0.571. The van der Waals surface area contributed by atoms with E-state index >= 15 is 0 Å². The average Bonchev–Trinajstić information content (AvgIpc) is 2.76. The van der Waals surface area contributed by atoms with Gasteiger partial charge in [0.1, 0.15) is 11.8 Å². The minimum Gasteiger partial charge on any atom is -0.496 e. The summed E-state index contributed by atoms with van der Waals surface area (Å²) in [6.07, 6.45) is -1.66. The summed E-state index contributed by atoms with van der Waals surface area (Å²) in [6.45, 7) is 0.241. The van der Waals surface area contributed by atoms with Crippen LogP contribution in [0.4, 0.5) is 13.2 Å². The summed E-state index contributed by atoms with van der Waals surface area (Å²) < 4.78 is 43.1. The summed E-state index contributed by atoms with van der Waals surface area (Å²) in [5.74, 6) is 0.320. The van der Waals surface area contributed by atoms with Crippen molar-refractivity contribution in [2.24, 2.45) is 0 Å². The lowest BCUT2D eigenvalue weighted by atomic mass is 10.1. The number of methoxy groups -OCH3 is 1. The Hall–Kier alpha value is -2.68. The number of ether oxygens (including phenoxy) is 1. The molecule has 0 heterocycles. The van der Waals surface area contributed by atoms with Crippen molar-refractivity contribution in [3.63, 3.8) is 0 Å². The van der Waals surface area contributed by atoms with E-state index in [2.05, 4.69) is 10.6 Å². The predicted octanol–water partition coefficient (Wildman–Crippen LogP) is 3.92. The van der Waals surface area contributed by atoms with E-state index in [1.54, 1.807) is 36.0 Å². The number of benzene rings is 2. The first-order chi connectivity index (χ1) is 14.8. The monoisotopic (exact) mass is 454 g/mol. The van der Waals surface area contributed by atoms with Crippen molar-refractivity contribution in [3.05, 3.63) is 65.2 Å². The summed E-state index contributed by atoms with van der Waals surface area (Å²) >= 11 is 1.55. The van der Waals surface area contributed by atoms with E-state index < -0.39 is 23.7 Å². The third-order valence-electron chi connectivity index (χ3n) is 4.58. The highest BCUT2D eigenvalue weighted by atomic mass is 32.2. The predicted molar refractivity (Wildman–Crippen MR) is 115 cm³/mol. The first kappa shape index (κ1) is 24.6. The van der Waals surface area contributed by atoms with E-state index in [9.17, 15) is 22.8 Å². The van der Waals surface area contributed by atoms with Gasteiger partial charge in [0.2, 0.25) is 5.91 Å². The molecule has 0 spiro atoms. The van der Waals surface area contributed by atoms with E-state index in [1.807, 2.05) is 6.26 Å². The van der Waals surface area contributed by atoms with E-state index in [-0.39, 0.29) is 12.5 Å². The van der Waals surface area contributed by atoms with Crippen molar-refractivity contribution in [2.45, 2.75) is 25.1 Å². The molecule has 0 saturated carbocycles. The number of carbonyl (C=O) groups is 2. The van der Waals surface area contributed by atoms with E-state index in [0.29, 0.717) is 35.5 Å². The number of halogens is 3. The zero-order valence-electron chi connectivity index (χ0n) is 17.3. The van der Waals surface area contributed by atoms with Gasteiger partial charge in [0.25, 0.3) is 5.91 Å². The molecule has 2 N–H and O–H groups in total. The number of rotatable bonds is 10. The third kappa shape index (κ3) is 7.50. The largest absolute Gasteiger partial charge is 0.496 e. The van der Waals surface area contributed by atoms with Crippen LogP contribution in [-0.4, -0.2) is 43.5 Å². The molecule has 2 aromatic rings. The van der Waals surface area contributed by atoms with Crippen molar-refractivity contribution in [1.82, 2.24) is 10.6 Å². The molecule has 9 heteroatoms. The van der Waals surface area contributed by atoms with Crippen LogP contribution in [0.2, 0.25) is 0 Å². The Morgan fingerprint density at radius 3 is 2.39 bits per heavy atom. The van der Waals surface area contributed by atoms with E-state index in [1.165, 1.54) is 19.2 Å². The molecular weight excluding hydrogens is 429 g/mol.